The van der Waals surface area contributed by atoms with Gasteiger partial charge in [0.05, 0.1) is 17.7 Å². The van der Waals surface area contributed by atoms with Crippen molar-refractivity contribution in [3.8, 4) is 12.1 Å². The van der Waals surface area contributed by atoms with Gasteiger partial charge >= 0.3 is 0 Å². The molecule has 0 aliphatic carbocycles. The monoisotopic (exact) mass is 202 g/mol. The van der Waals surface area contributed by atoms with E-state index in [9.17, 15) is 5.11 Å². The Bertz CT molecular complexity index is 443. The molecule has 0 heterocycles. The second-order valence-electron chi connectivity index (χ2n) is 3.22. The third-order valence-corrected chi connectivity index (χ3v) is 2.08. The Labute approximate surface area is 87.6 Å². The van der Waals surface area contributed by atoms with E-state index in [1.165, 1.54) is 6.07 Å². The Morgan fingerprint density at radius 2 is 1.93 bits per heavy atom. The third-order valence-electron chi connectivity index (χ3n) is 2.08. The van der Waals surface area contributed by atoms with Crippen LogP contribution in [0.5, 0.6) is 0 Å². The predicted molar refractivity (Wildman–Crippen MR) is 52.5 cm³/mol. The Hall–Kier alpha value is -1.88. The minimum absolute atomic E-state index is 0.275. The summed E-state index contributed by atoms with van der Waals surface area (Å²) >= 11 is 0. The van der Waals surface area contributed by atoms with Crippen molar-refractivity contribution in [2.75, 3.05) is 0 Å². The van der Waals surface area contributed by atoms with Crippen molar-refractivity contribution < 1.29 is 10.2 Å². The van der Waals surface area contributed by atoms with Crippen LogP contribution in [0.15, 0.2) is 18.2 Å². The topological polar surface area (TPSA) is 88.0 Å². The Morgan fingerprint density at radius 1 is 1.27 bits per heavy atom. The summed E-state index contributed by atoms with van der Waals surface area (Å²) < 4.78 is 0. The molecule has 1 aromatic rings. The summed E-state index contributed by atoms with van der Waals surface area (Å²) in [6, 6.07) is 8.29. The van der Waals surface area contributed by atoms with E-state index in [1.54, 1.807) is 18.2 Å². The number of hydrogen-bond acceptors (Lipinski definition) is 4. The van der Waals surface area contributed by atoms with E-state index in [0.717, 1.165) is 5.56 Å². The zero-order valence-corrected chi connectivity index (χ0v) is 8.18. The number of aliphatic hydroxyl groups excluding tert-OH is 2. The van der Waals surface area contributed by atoms with Crippen LogP contribution in [0.4, 0.5) is 0 Å². The van der Waals surface area contributed by atoms with Gasteiger partial charge in [0.2, 0.25) is 0 Å². The molecule has 4 heteroatoms. The fraction of sp³-hybridized carbons (Fsp3) is 0.273. The molecule has 0 saturated heterocycles. The lowest BCUT2D eigenvalue weighted by atomic mass is 9.98. The van der Waals surface area contributed by atoms with Gasteiger partial charge in [-0.05, 0) is 18.6 Å². The van der Waals surface area contributed by atoms with Crippen LogP contribution in [0.25, 0.3) is 0 Å². The van der Waals surface area contributed by atoms with Crippen LogP contribution in [-0.4, -0.2) is 16.3 Å². The first-order chi connectivity index (χ1) is 7.10. The van der Waals surface area contributed by atoms with Crippen LogP contribution in [0.2, 0.25) is 0 Å². The molecule has 1 rings (SSSR count). The number of hydrogen-bond donors (Lipinski definition) is 2. The average molecular weight is 202 g/mol. The van der Waals surface area contributed by atoms with Gasteiger partial charge in [-0.15, -0.1) is 0 Å². The molecule has 76 valence electrons. The Morgan fingerprint density at radius 3 is 2.47 bits per heavy atom. The first-order valence-electron chi connectivity index (χ1n) is 4.36. The van der Waals surface area contributed by atoms with Crippen LogP contribution < -0.4 is 0 Å². The van der Waals surface area contributed by atoms with Crippen LogP contribution in [0, 0.1) is 29.6 Å². The maximum absolute atomic E-state index is 9.57. The second kappa shape index (κ2) is 4.56. The fourth-order valence-corrected chi connectivity index (χ4v) is 1.27. The van der Waals surface area contributed by atoms with Crippen molar-refractivity contribution in [1.29, 1.82) is 10.5 Å². The first kappa shape index (κ1) is 11.2. The van der Waals surface area contributed by atoms with Gasteiger partial charge < -0.3 is 10.2 Å². The second-order valence-corrected chi connectivity index (χ2v) is 3.22. The molecule has 1 aromatic carbocycles. The molecule has 2 N–H and O–H groups in total. The van der Waals surface area contributed by atoms with Crippen molar-refractivity contribution in [3.63, 3.8) is 0 Å². The molecular weight excluding hydrogens is 192 g/mol. The minimum Gasteiger partial charge on any atom is -0.385 e. The minimum atomic E-state index is -1.51. The summed E-state index contributed by atoms with van der Waals surface area (Å²) in [6.07, 6.45) is -2.86. The normalized spacial score (nSPS) is 13.7. The molecule has 0 saturated carbocycles. The van der Waals surface area contributed by atoms with Crippen molar-refractivity contribution in [3.05, 3.63) is 34.9 Å². The van der Waals surface area contributed by atoms with Gasteiger partial charge in [-0.25, -0.2) is 0 Å². The van der Waals surface area contributed by atoms with E-state index < -0.39 is 12.2 Å². The van der Waals surface area contributed by atoms with Gasteiger partial charge in [0, 0.05) is 5.56 Å². The number of aliphatic hydroxyl groups is 2. The zero-order chi connectivity index (χ0) is 11.4. The van der Waals surface area contributed by atoms with E-state index in [2.05, 4.69) is 0 Å². The number of benzene rings is 1. The quantitative estimate of drug-likeness (QED) is 0.694. The molecule has 0 aliphatic rings. The van der Waals surface area contributed by atoms with E-state index in [4.69, 9.17) is 15.6 Å². The van der Waals surface area contributed by atoms with Crippen molar-refractivity contribution in [1.82, 2.24) is 0 Å². The number of nitrogens with zero attached hydrogens (tertiary/aromatic N) is 2. The van der Waals surface area contributed by atoms with Crippen molar-refractivity contribution in [2.24, 2.45) is 0 Å². The molecule has 0 amide bonds. The van der Waals surface area contributed by atoms with E-state index >= 15 is 0 Å². The number of aryl methyl sites for hydroxylation is 1. The molecular formula is C11H10N2O2. The largest absolute Gasteiger partial charge is 0.385 e. The summed E-state index contributed by atoms with van der Waals surface area (Å²) in [5, 5.41) is 36.0. The summed E-state index contributed by atoms with van der Waals surface area (Å²) in [6.45, 7) is 1.82. The highest BCUT2D eigenvalue weighted by Crippen LogP contribution is 2.21. The van der Waals surface area contributed by atoms with Crippen LogP contribution >= 0.6 is 0 Å². The maximum Gasteiger partial charge on any atom is 0.170 e. The number of nitriles is 2. The predicted octanol–water partition coefficient (Wildman–Crippen LogP) is 0.785. The van der Waals surface area contributed by atoms with E-state index in [-0.39, 0.29) is 11.1 Å². The van der Waals surface area contributed by atoms with Gasteiger partial charge in [-0.1, -0.05) is 12.1 Å². The zero-order valence-electron chi connectivity index (χ0n) is 8.18. The summed E-state index contributed by atoms with van der Waals surface area (Å²) in [7, 11) is 0. The smallest absolute Gasteiger partial charge is 0.170 e. The lowest BCUT2D eigenvalue weighted by molar-refractivity contribution is 0.0526. The first-order valence-corrected chi connectivity index (χ1v) is 4.36. The third kappa shape index (κ3) is 2.32. The lowest BCUT2D eigenvalue weighted by Crippen LogP contribution is -2.16. The van der Waals surface area contributed by atoms with E-state index in [0.29, 0.717) is 0 Å². The summed E-state index contributed by atoms with van der Waals surface area (Å²) in [4.78, 5) is 0. The average Bonchev–Trinajstić information content (AvgIpc) is 2.26. The van der Waals surface area contributed by atoms with Crippen molar-refractivity contribution >= 4 is 0 Å². The van der Waals surface area contributed by atoms with Gasteiger partial charge in [0.1, 0.15) is 6.10 Å². The molecule has 0 bridgehead atoms. The molecule has 2 unspecified atom stereocenters. The van der Waals surface area contributed by atoms with Gasteiger partial charge in [0.15, 0.2) is 6.10 Å². The fourth-order valence-electron chi connectivity index (χ4n) is 1.27. The van der Waals surface area contributed by atoms with Crippen LogP contribution in [0.3, 0.4) is 0 Å². The van der Waals surface area contributed by atoms with Crippen LogP contribution in [0.1, 0.15) is 22.8 Å². The molecule has 0 fully saturated rings. The molecule has 0 radical (unpaired) electrons. The highest BCUT2D eigenvalue weighted by molar-refractivity contribution is 5.42. The molecule has 2 atom stereocenters. The van der Waals surface area contributed by atoms with Crippen molar-refractivity contribution in [2.45, 2.75) is 19.1 Å². The van der Waals surface area contributed by atoms with Gasteiger partial charge in [-0.2, -0.15) is 10.5 Å². The highest BCUT2D eigenvalue weighted by atomic mass is 16.3. The summed E-state index contributed by atoms with van der Waals surface area (Å²) in [5.41, 5.74) is 1.43. The van der Waals surface area contributed by atoms with Gasteiger partial charge in [-0.3, -0.25) is 0 Å². The molecule has 0 aromatic heterocycles. The molecule has 15 heavy (non-hydrogen) atoms. The molecule has 0 aliphatic heterocycles. The van der Waals surface area contributed by atoms with Gasteiger partial charge in [0.25, 0.3) is 0 Å². The maximum atomic E-state index is 9.57. The Kier molecular flexibility index (Phi) is 3.41. The Balaban J connectivity index is 3.16. The lowest BCUT2D eigenvalue weighted by Gasteiger charge is -2.13. The molecule has 0 spiro atoms. The highest BCUT2D eigenvalue weighted by Gasteiger charge is 2.20. The SMILES string of the molecule is Cc1ccc(C(O)C(O)C#N)c(C#N)c1. The van der Waals surface area contributed by atoms with E-state index in [1.807, 2.05) is 13.0 Å². The standard InChI is InChI=1S/C11H10N2O2/c1-7-2-3-9(8(4-7)5-12)11(15)10(14)6-13/h2-4,10-11,14-15H,1H3. The van der Waals surface area contributed by atoms with Crippen LogP contribution in [-0.2, 0) is 0 Å². The summed E-state index contributed by atoms with van der Waals surface area (Å²) in [5.74, 6) is 0. The molecule has 4 nitrogen and oxygen atoms in total. The number of rotatable bonds is 2.